The Morgan fingerprint density at radius 2 is 1.96 bits per heavy atom. The van der Waals surface area contributed by atoms with Gasteiger partial charge in [0.2, 0.25) is 5.95 Å². The first-order valence-electron chi connectivity index (χ1n) is 7.61. The Kier molecular flexibility index (Phi) is 4.86. The standard InChI is InChI=1S/C14H17N5O4S2/c1-25(22,23)12-9-11(19(20)21)13(24-12)17-10-3-7-18(8-4-10)14-15-5-2-6-16-14/h2,5-6,9-10,17H,3-4,7-8H2,1H3. The summed E-state index contributed by atoms with van der Waals surface area (Å²) in [4.78, 5) is 21.1. The lowest BCUT2D eigenvalue weighted by molar-refractivity contribution is -0.383. The van der Waals surface area contributed by atoms with Crippen molar-refractivity contribution >= 4 is 37.8 Å². The van der Waals surface area contributed by atoms with Crippen LogP contribution in [0.4, 0.5) is 16.6 Å². The third-order valence-electron chi connectivity index (χ3n) is 3.92. The van der Waals surface area contributed by atoms with Gasteiger partial charge in [-0.25, -0.2) is 18.4 Å². The number of piperidine rings is 1. The molecule has 134 valence electrons. The molecule has 0 saturated carbocycles. The van der Waals surface area contributed by atoms with Gasteiger partial charge in [0.25, 0.3) is 0 Å². The van der Waals surface area contributed by atoms with Crippen LogP contribution in [0.5, 0.6) is 0 Å². The van der Waals surface area contributed by atoms with Crippen molar-refractivity contribution in [1.29, 1.82) is 0 Å². The van der Waals surface area contributed by atoms with Gasteiger partial charge in [-0.1, -0.05) is 11.3 Å². The van der Waals surface area contributed by atoms with Crippen molar-refractivity contribution in [3.63, 3.8) is 0 Å². The Labute approximate surface area is 148 Å². The molecule has 0 aromatic carbocycles. The molecule has 11 heteroatoms. The van der Waals surface area contributed by atoms with Crippen molar-refractivity contribution < 1.29 is 13.3 Å². The van der Waals surface area contributed by atoms with Gasteiger partial charge in [0, 0.05) is 43.8 Å². The molecular formula is C14H17N5O4S2. The molecule has 0 unspecified atom stereocenters. The van der Waals surface area contributed by atoms with Crippen LogP contribution in [0.25, 0.3) is 0 Å². The number of sulfone groups is 1. The van der Waals surface area contributed by atoms with Crippen LogP contribution in [0, 0.1) is 10.1 Å². The first-order chi connectivity index (χ1) is 11.8. The third-order valence-corrected chi connectivity index (χ3v) is 6.77. The summed E-state index contributed by atoms with van der Waals surface area (Å²) in [5, 5.41) is 14.6. The van der Waals surface area contributed by atoms with Crippen LogP contribution in [-0.4, -0.2) is 48.7 Å². The van der Waals surface area contributed by atoms with E-state index in [9.17, 15) is 18.5 Å². The minimum Gasteiger partial charge on any atom is -0.368 e. The van der Waals surface area contributed by atoms with Crippen LogP contribution < -0.4 is 10.2 Å². The van der Waals surface area contributed by atoms with Crippen LogP contribution in [0.3, 0.4) is 0 Å². The van der Waals surface area contributed by atoms with E-state index in [1.165, 1.54) is 0 Å². The van der Waals surface area contributed by atoms with Gasteiger partial charge in [0.1, 0.15) is 4.21 Å². The van der Waals surface area contributed by atoms with Gasteiger partial charge in [0.05, 0.1) is 4.92 Å². The quantitative estimate of drug-likeness (QED) is 0.614. The maximum atomic E-state index is 11.7. The summed E-state index contributed by atoms with van der Waals surface area (Å²) in [6.45, 7) is 1.44. The number of thiophene rings is 1. The number of nitrogens with one attached hydrogen (secondary N) is 1. The van der Waals surface area contributed by atoms with Gasteiger partial charge in [-0.3, -0.25) is 10.1 Å². The van der Waals surface area contributed by atoms with E-state index < -0.39 is 14.8 Å². The number of nitro groups is 1. The Hall–Kier alpha value is -2.27. The minimum absolute atomic E-state index is 0.00294. The summed E-state index contributed by atoms with van der Waals surface area (Å²) in [5.74, 6) is 0.669. The Balaban J connectivity index is 1.70. The average molecular weight is 383 g/mol. The highest BCUT2D eigenvalue weighted by atomic mass is 32.2. The van der Waals surface area contributed by atoms with E-state index in [-0.39, 0.29) is 15.9 Å². The van der Waals surface area contributed by atoms with E-state index in [0.29, 0.717) is 10.9 Å². The molecule has 3 rings (SSSR count). The van der Waals surface area contributed by atoms with E-state index in [0.717, 1.165) is 49.6 Å². The van der Waals surface area contributed by atoms with Crippen molar-refractivity contribution in [3.05, 3.63) is 34.6 Å². The molecule has 0 bridgehead atoms. The monoisotopic (exact) mass is 383 g/mol. The van der Waals surface area contributed by atoms with Crippen LogP contribution in [-0.2, 0) is 9.84 Å². The van der Waals surface area contributed by atoms with Crippen molar-refractivity contribution in [2.24, 2.45) is 0 Å². The second-order valence-corrected chi connectivity index (χ2v) is 9.06. The molecular weight excluding hydrogens is 366 g/mol. The molecule has 3 heterocycles. The number of anilines is 2. The van der Waals surface area contributed by atoms with Gasteiger partial charge < -0.3 is 10.2 Å². The first-order valence-corrected chi connectivity index (χ1v) is 10.3. The average Bonchev–Trinajstić information content (AvgIpc) is 3.01. The first kappa shape index (κ1) is 17.5. The lowest BCUT2D eigenvalue weighted by atomic mass is 10.1. The summed E-state index contributed by atoms with van der Waals surface area (Å²) < 4.78 is 23.3. The summed E-state index contributed by atoms with van der Waals surface area (Å²) in [5.41, 5.74) is -0.195. The molecule has 0 spiro atoms. The predicted molar refractivity (Wildman–Crippen MR) is 95.0 cm³/mol. The summed E-state index contributed by atoms with van der Waals surface area (Å²) >= 11 is 0.907. The maximum absolute atomic E-state index is 11.7. The van der Waals surface area contributed by atoms with Crippen molar-refractivity contribution in [2.75, 3.05) is 29.6 Å². The third kappa shape index (κ3) is 4.04. The zero-order valence-electron chi connectivity index (χ0n) is 13.5. The molecule has 9 nitrogen and oxygen atoms in total. The zero-order chi connectivity index (χ0) is 18.0. The number of aromatic nitrogens is 2. The lowest BCUT2D eigenvalue weighted by Crippen LogP contribution is -2.39. The molecule has 0 amide bonds. The van der Waals surface area contributed by atoms with E-state index in [1.807, 2.05) is 0 Å². The van der Waals surface area contributed by atoms with Crippen LogP contribution in [0.15, 0.2) is 28.7 Å². The van der Waals surface area contributed by atoms with Crippen molar-refractivity contribution in [2.45, 2.75) is 23.1 Å². The number of hydrogen-bond acceptors (Lipinski definition) is 9. The molecule has 0 radical (unpaired) electrons. The molecule has 1 aliphatic rings. The van der Waals surface area contributed by atoms with Crippen LogP contribution in [0.1, 0.15) is 12.8 Å². The highest BCUT2D eigenvalue weighted by Crippen LogP contribution is 2.38. The second-order valence-electron chi connectivity index (χ2n) is 5.76. The fourth-order valence-electron chi connectivity index (χ4n) is 2.65. The van der Waals surface area contributed by atoms with Gasteiger partial charge >= 0.3 is 5.69 Å². The molecule has 1 fully saturated rings. The van der Waals surface area contributed by atoms with Gasteiger partial charge in [0.15, 0.2) is 14.8 Å². The summed E-state index contributed by atoms with van der Waals surface area (Å²) in [7, 11) is -3.47. The zero-order valence-corrected chi connectivity index (χ0v) is 15.1. The largest absolute Gasteiger partial charge is 0.368 e. The number of hydrogen-bond donors (Lipinski definition) is 1. The molecule has 1 saturated heterocycles. The van der Waals surface area contributed by atoms with Crippen molar-refractivity contribution in [1.82, 2.24) is 9.97 Å². The molecule has 0 aliphatic carbocycles. The maximum Gasteiger partial charge on any atom is 0.304 e. The number of rotatable bonds is 5. The van der Waals surface area contributed by atoms with E-state index >= 15 is 0 Å². The topological polar surface area (TPSA) is 118 Å². The molecule has 25 heavy (non-hydrogen) atoms. The fraction of sp³-hybridized carbons (Fsp3) is 0.429. The van der Waals surface area contributed by atoms with Gasteiger partial charge in [-0.2, -0.15) is 0 Å². The van der Waals surface area contributed by atoms with Gasteiger partial charge in [-0.05, 0) is 18.9 Å². The molecule has 2 aromatic heterocycles. The van der Waals surface area contributed by atoms with Crippen molar-refractivity contribution in [3.8, 4) is 0 Å². The predicted octanol–water partition coefficient (Wildman–Crippen LogP) is 1.93. The Bertz CT molecular complexity index is 861. The normalized spacial score (nSPS) is 16.0. The minimum atomic E-state index is -3.47. The van der Waals surface area contributed by atoms with Crippen LogP contribution in [0.2, 0.25) is 0 Å². The van der Waals surface area contributed by atoms with E-state index in [1.54, 1.807) is 18.5 Å². The summed E-state index contributed by atoms with van der Waals surface area (Å²) in [6, 6.07) is 2.91. The molecule has 2 aromatic rings. The second kappa shape index (κ2) is 6.92. The highest BCUT2D eigenvalue weighted by molar-refractivity contribution is 7.92. The van der Waals surface area contributed by atoms with E-state index in [4.69, 9.17) is 0 Å². The summed E-state index contributed by atoms with van der Waals surface area (Å²) in [6.07, 6.45) is 5.93. The lowest BCUT2D eigenvalue weighted by Gasteiger charge is -2.32. The molecule has 1 aliphatic heterocycles. The SMILES string of the molecule is CS(=O)(=O)c1cc([N+](=O)[O-])c(NC2CCN(c3ncccn3)CC2)s1. The van der Waals surface area contributed by atoms with Crippen LogP contribution >= 0.6 is 11.3 Å². The Morgan fingerprint density at radius 3 is 2.52 bits per heavy atom. The Morgan fingerprint density at radius 1 is 1.32 bits per heavy atom. The molecule has 1 N–H and O–H groups in total. The van der Waals surface area contributed by atoms with Gasteiger partial charge in [-0.15, -0.1) is 0 Å². The molecule has 0 atom stereocenters. The highest BCUT2D eigenvalue weighted by Gasteiger charge is 2.27. The fourth-order valence-corrected chi connectivity index (χ4v) is 4.66. The van der Waals surface area contributed by atoms with E-state index in [2.05, 4.69) is 20.2 Å². The smallest absolute Gasteiger partial charge is 0.304 e. The number of nitrogens with zero attached hydrogens (tertiary/aromatic N) is 4.